The predicted molar refractivity (Wildman–Crippen MR) is 73.8 cm³/mol. The van der Waals surface area contributed by atoms with Crippen LogP contribution in [0.3, 0.4) is 0 Å². The summed E-state index contributed by atoms with van der Waals surface area (Å²) < 4.78 is 5.02. The van der Waals surface area contributed by atoms with Crippen molar-refractivity contribution in [3.63, 3.8) is 0 Å². The van der Waals surface area contributed by atoms with Crippen LogP contribution in [-0.4, -0.2) is 18.0 Å². The van der Waals surface area contributed by atoms with Crippen LogP contribution in [0.1, 0.15) is 28.8 Å². The molecule has 2 rings (SSSR count). The summed E-state index contributed by atoms with van der Waals surface area (Å²) in [5.74, 6) is 0.123. The lowest BCUT2D eigenvalue weighted by molar-refractivity contribution is 0.0965. The first-order valence-electron chi connectivity index (χ1n) is 6.09. The molecule has 0 bridgehead atoms. The minimum Gasteiger partial charge on any atom is -0.504 e. The van der Waals surface area contributed by atoms with Gasteiger partial charge in [-0.2, -0.15) is 0 Å². The van der Waals surface area contributed by atoms with Gasteiger partial charge in [-0.3, -0.25) is 4.79 Å². The number of hydrogen-bond donors (Lipinski definition) is 1. The lowest BCUT2D eigenvalue weighted by Gasteiger charge is -2.12. The van der Waals surface area contributed by atoms with E-state index in [0.717, 1.165) is 5.56 Å². The van der Waals surface area contributed by atoms with E-state index in [1.54, 1.807) is 12.1 Å². The number of aromatic hydroxyl groups is 1. The summed E-state index contributed by atoms with van der Waals surface area (Å²) >= 11 is 0. The van der Waals surface area contributed by atoms with Crippen molar-refractivity contribution >= 4 is 5.78 Å². The summed E-state index contributed by atoms with van der Waals surface area (Å²) in [6.07, 6.45) is 0. The van der Waals surface area contributed by atoms with Crippen molar-refractivity contribution in [1.29, 1.82) is 0 Å². The first-order chi connectivity index (χ1) is 9.13. The Labute approximate surface area is 112 Å². The van der Waals surface area contributed by atoms with Crippen LogP contribution in [0.25, 0.3) is 0 Å². The van der Waals surface area contributed by atoms with E-state index >= 15 is 0 Å². The number of phenolic OH excluding ortho intramolecular Hbond substituents is 1. The molecule has 0 saturated carbocycles. The Kier molecular flexibility index (Phi) is 3.85. The second kappa shape index (κ2) is 5.57. The van der Waals surface area contributed by atoms with Gasteiger partial charge in [0, 0.05) is 11.5 Å². The number of carbonyl (C=O) groups is 1. The van der Waals surface area contributed by atoms with E-state index in [4.69, 9.17) is 4.74 Å². The number of hydrogen-bond acceptors (Lipinski definition) is 3. The Morgan fingerprint density at radius 3 is 2.47 bits per heavy atom. The van der Waals surface area contributed by atoms with Gasteiger partial charge in [-0.15, -0.1) is 0 Å². The van der Waals surface area contributed by atoms with Gasteiger partial charge < -0.3 is 9.84 Å². The summed E-state index contributed by atoms with van der Waals surface area (Å²) in [5, 5.41) is 9.54. The SMILES string of the molecule is COc1cc(C(=O)C(C)c2ccccc2)ccc1O. The van der Waals surface area contributed by atoms with Gasteiger partial charge in [0.25, 0.3) is 0 Å². The molecule has 0 aliphatic heterocycles. The quantitative estimate of drug-likeness (QED) is 0.853. The Balaban J connectivity index is 2.29. The normalized spacial score (nSPS) is 11.9. The van der Waals surface area contributed by atoms with Crippen LogP contribution >= 0.6 is 0 Å². The van der Waals surface area contributed by atoms with Crippen LogP contribution in [0, 0.1) is 0 Å². The third-order valence-electron chi connectivity index (χ3n) is 3.16. The molecule has 0 fully saturated rings. The largest absolute Gasteiger partial charge is 0.504 e. The molecule has 0 spiro atoms. The van der Waals surface area contributed by atoms with E-state index in [-0.39, 0.29) is 17.5 Å². The van der Waals surface area contributed by atoms with E-state index in [0.29, 0.717) is 11.3 Å². The predicted octanol–water partition coefficient (Wildman–Crippen LogP) is 3.39. The maximum Gasteiger partial charge on any atom is 0.170 e. The van der Waals surface area contributed by atoms with Crippen molar-refractivity contribution < 1.29 is 14.6 Å². The van der Waals surface area contributed by atoms with Gasteiger partial charge >= 0.3 is 0 Å². The molecule has 1 atom stereocenters. The number of benzene rings is 2. The zero-order chi connectivity index (χ0) is 13.8. The third-order valence-corrected chi connectivity index (χ3v) is 3.16. The lowest BCUT2D eigenvalue weighted by atomic mass is 9.92. The molecule has 0 saturated heterocycles. The number of rotatable bonds is 4. The van der Waals surface area contributed by atoms with Crippen molar-refractivity contribution in [1.82, 2.24) is 0 Å². The van der Waals surface area contributed by atoms with Crippen LogP contribution in [-0.2, 0) is 0 Å². The Bertz CT molecular complexity index is 576. The molecule has 0 heterocycles. The van der Waals surface area contributed by atoms with Gasteiger partial charge in [-0.25, -0.2) is 0 Å². The molecular formula is C16H16O3. The molecule has 2 aromatic rings. The summed E-state index contributed by atoms with van der Waals surface area (Å²) in [4.78, 5) is 12.4. The number of methoxy groups -OCH3 is 1. The monoisotopic (exact) mass is 256 g/mol. The summed E-state index contributed by atoms with van der Waals surface area (Å²) in [7, 11) is 1.46. The molecule has 2 aromatic carbocycles. The second-order valence-electron chi connectivity index (χ2n) is 4.38. The van der Waals surface area contributed by atoms with E-state index in [2.05, 4.69) is 0 Å². The maximum absolute atomic E-state index is 12.4. The van der Waals surface area contributed by atoms with Gasteiger partial charge in [0.1, 0.15) is 0 Å². The fourth-order valence-corrected chi connectivity index (χ4v) is 1.97. The minimum absolute atomic E-state index is 0.00417. The standard InChI is InChI=1S/C16H16O3/c1-11(12-6-4-3-5-7-12)16(18)13-8-9-14(17)15(10-13)19-2/h3-11,17H,1-2H3. The van der Waals surface area contributed by atoms with Crippen LogP contribution in [0.5, 0.6) is 11.5 Å². The molecule has 0 aliphatic carbocycles. The Hall–Kier alpha value is -2.29. The highest BCUT2D eigenvalue weighted by atomic mass is 16.5. The van der Waals surface area contributed by atoms with Gasteiger partial charge in [0.2, 0.25) is 0 Å². The van der Waals surface area contributed by atoms with Gasteiger partial charge in [0.15, 0.2) is 17.3 Å². The van der Waals surface area contributed by atoms with E-state index < -0.39 is 0 Å². The average molecular weight is 256 g/mol. The molecule has 0 aromatic heterocycles. The van der Waals surface area contributed by atoms with Crippen LogP contribution in [0.15, 0.2) is 48.5 Å². The minimum atomic E-state index is -0.226. The van der Waals surface area contributed by atoms with E-state index in [9.17, 15) is 9.90 Å². The van der Waals surface area contributed by atoms with Gasteiger partial charge in [-0.1, -0.05) is 37.3 Å². The zero-order valence-corrected chi connectivity index (χ0v) is 11.0. The molecule has 3 nitrogen and oxygen atoms in total. The summed E-state index contributed by atoms with van der Waals surface area (Å²) in [6.45, 7) is 1.87. The first kappa shape index (κ1) is 13.1. The van der Waals surface area contributed by atoms with Crippen molar-refractivity contribution in [3.8, 4) is 11.5 Å². The topological polar surface area (TPSA) is 46.5 Å². The number of phenols is 1. The van der Waals surface area contributed by atoms with Crippen molar-refractivity contribution in [2.24, 2.45) is 0 Å². The van der Waals surface area contributed by atoms with E-state index in [1.807, 2.05) is 37.3 Å². The van der Waals surface area contributed by atoms with Crippen LogP contribution in [0.2, 0.25) is 0 Å². The molecule has 98 valence electrons. The smallest absolute Gasteiger partial charge is 0.170 e. The third kappa shape index (κ3) is 2.76. The maximum atomic E-state index is 12.4. The van der Waals surface area contributed by atoms with Crippen LogP contribution in [0.4, 0.5) is 0 Å². The summed E-state index contributed by atoms with van der Waals surface area (Å²) in [5.41, 5.74) is 1.51. The summed E-state index contributed by atoms with van der Waals surface area (Å²) in [6, 6.07) is 14.3. The molecule has 0 aliphatic rings. The van der Waals surface area contributed by atoms with Crippen LogP contribution < -0.4 is 4.74 Å². The number of Topliss-reactive ketones (excluding diaryl/α,β-unsaturated/α-hetero) is 1. The average Bonchev–Trinajstić information content (AvgIpc) is 2.47. The second-order valence-corrected chi connectivity index (χ2v) is 4.38. The lowest BCUT2D eigenvalue weighted by Crippen LogP contribution is -2.09. The molecule has 1 N–H and O–H groups in total. The highest BCUT2D eigenvalue weighted by molar-refractivity contribution is 6.01. The number of ether oxygens (including phenoxy) is 1. The molecule has 3 heteroatoms. The van der Waals surface area contributed by atoms with Crippen molar-refractivity contribution in [2.45, 2.75) is 12.8 Å². The van der Waals surface area contributed by atoms with Crippen molar-refractivity contribution in [2.75, 3.05) is 7.11 Å². The number of carbonyl (C=O) groups excluding carboxylic acids is 1. The molecular weight excluding hydrogens is 240 g/mol. The molecule has 0 amide bonds. The highest BCUT2D eigenvalue weighted by Crippen LogP contribution is 2.29. The fraction of sp³-hybridized carbons (Fsp3) is 0.188. The molecule has 1 unspecified atom stereocenters. The zero-order valence-electron chi connectivity index (χ0n) is 11.0. The first-order valence-corrected chi connectivity index (χ1v) is 6.09. The van der Waals surface area contributed by atoms with Gasteiger partial charge in [0.05, 0.1) is 7.11 Å². The fourth-order valence-electron chi connectivity index (χ4n) is 1.97. The highest BCUT2D eigenvalue weighted by Gasteiger charge is 2.18. The van der Waals surface area contributed by atoms with Gasteiger partial charge in [-0.05, 0) is 23.8 Å². The number of ketones is 1. The Morgan fingerprint density at radius 2 is 1.84 bits per heavy atom. The molecule has 0 radical (unpaired) electrons. The van der Waals surface area contributed by atoms with Crippen molar-refractivity contribution in [3.05, 3.63) is 59.7 Å². The van der Waals surface area contributed by atoms with E-state index in [1.165, 1.54) is 13.2 Å². The Morgan fingerprint density at radius 1 is 1.16 bits per heavy atom. The molecule has 19 heavy (non-hydrogen) atoms.